The Morgan fingerprint density at radius 3 is 2.08 bits per heavy atom. The normalized spacial score (nSPS) is 13.5. The van der Waals surface area contributed by atoms with E-state index in [0.717, 1.165) is 0 Å². The Bertz CT molecular complexity index is 656. The molecule has 0 aliphatic carbocycles. The summed E-state index contributed by atoms with van der Waals surface area (Å²) in [5.74, 6) is -1.23. The summed E-state index contributed by atoms with van der Waals surface area (Å²) in [4.78, 5) is 0. The lowest BCUT2D eigenvalue weighted by molar-refractivity contribution is -0.188. The fourth-order valence-corrected chi connectivity index (χ4v) is 2.81. The van der Waals surface area contributed by atoms with Gasteiger partial charge in [0.15, 0.2) is 6.79 Å². The van der Waals surface area contributed by atoms with Gasteiger partial charge in [-0.1, -0.05) is 12.6 Å². The molecule has 1 unspecified atom stereocenters. The minimum Gasteiger partial charge on any atom is -0.480 e. The molecule has 0 aliphatic heterocycles. The van der Waals surface area contributed by atoms with Crippen LogP contribution in [0.3, 0.4) is 0 Å². The monoisotopic (exact) mass is 382 g/mol. The van der Waals surface area contributed by atoms with E-state index in [1.807, 2.05) is 0 Å². The molecule has 1 N–H and O–H groups in total. The number of alkyl halides is 3. The maximum atomic E-state index is 13.0. The summed E-state index contributed by atoms with van der Waals surface area (Å²) >= 11 is 0. The molecule has 0 fully saturated rings. The predicted molar refractivity (Wildman–Crippen MR) is 90.3 cm³/mol. The number of rotatable bonds is 9. The van der Waals surface area contributed by atoms with Gasteiger partial charge in [-0.25, -0.2) is 0 Å². The van der Waals surface area contributed by atoms with Crippen LogP contribution in [0.5, 0.6) is 11.5 Å². The Balaban J connectivity index is 3.22. The van der Waals surface area contributed by atoms with Crippen molar-refractivity contribution in [3.8, 4) is 11.5 Å². The third kappa shape index (κ3) is 6.79. The first-order valence-electron chi connectivity index (χ1n) is 7.47. The standard InChI is InChI=1S/C13H19B2F3O6S/c1-22-7-23-12-8(4-14)2-10(3-9(12)5-15)24-11(13(16,17)18)6-25(19,20)21/h2-3,11H,4-7,14-15H2,1H3,(H,19,20,21). The van der Waals surface area contributed by atoms with Crippen LogP contribution in [0.25, 0.3) is 0 Å². The number of hydrogen-bond donors (Lipinski definition) is 1. The molecule has 1 atom stereocenters. The highest BCUT2D eigenvalue weighted by Gasteiger charge is 2.44. The van der Waals surface area contributed by atoms with E-state index < -0.39 is 28.2 Å². The molecule has 1 aromatic rings. The molecule has 0 saturated heterocycles. The van der Waals surface area contributed by atoms with Crippen molar-refractivity contribution in [2.24, 2.45) is 0 Å². The molecule has 0 spiro atoms. The summed E-state index contributed by atoms with van der Waals surface area (Å²) in [5, 5.41) is 0. The highest BCUT2D eigenvalue weighted by Crippen LogP contribution is 2.33. The average Bonchev–Trinajstić information content (AvgIpc) is 2.49. The predicted octanol–water partition coefficient (Wildman–Crippen LogP) is 0.133. The lowest BCUT2D eigenvalue weighted by atomic mass is 9.89. The van der Waals surface area contributed by atoms with Gasteiger partial charge in [0.1, 0.15) is 32.9 Å². The van der Waals surface area contributed by atoms with E-state index in [9.17, 15) is 21.6 Å². The number of ether oxygens (including phenoxy) is 3. The first-order valence-corrected chi connectivity index (χ1v) is 9.08. The van der Waals surface area contributed by atoms with E-state index in [1.54, 1.807) is 15.7 Å². The van der Waals surface area contributed by atoms with Gasteiger partial charge in [0, 0.05) is 7.11 Å². The largest absolute Gasteiger partial charge is 0.480 e. The summed E-state index contributed by atoms with van der Waals surface area (Å²) < 4.78 is 84.6. The van der Waals surface area contributed by atoms with Gasteiger partial charge in [-0.15, -0.1) is 0 Å². The molecule has 0 aliphatic rings. The molecular formula is C13H19B2F3O6S. The van der Waals surface area contributed by atoms with Crippen molar-refractivity contribution in [3.63, 3.8) is 0 Å². The summed E-state index contributed by atoms with van der Waals surface area (Å²) in [6.07, 6.45) is -6.72. The quantitative estimate of drug-likeness (QED) is 0.372. The van der Waals surface area contributed by atoms with E-state index in [1.165, 1.54) is 19.2 Å². The summed E-state index contributed by atoms with van der Waals surface area (Å²) in [5.41, 5.74) is 1.19. The Morgan fingerprint density at radius 1 is 1.20 bits per heavy atom. The minimum atomic E-state index is -4.96. The topological polar surface area (TPSA) is 82.1 Å². The van der Waals surface area contributed by atoms with Crippen LogP contribution in [0.4, 0.5) is 13.2 Å². The molecule has 0 aromatic heterocycles. The molecule has 0 amide bonds. The smallest absolute Gasteiger partial charge is 0.426 e. The van der Waals surface area contributed by atoms with Crippen LogP contribution in [0.1, 0.15) is 11.1 Å². The van der Waals surface area contributed by atoms with Crippen LogP contribution in [-0.4, -0.2) is 60.6 Å². The highest BCUT2D eigenvalue weighted by molar-refractivity contribution is 7.85. The fourth-order valence-electron chi connectivity index (χ4n) is 2.17. The van der Waals surface area contributed by atoms with Crippen molar-refractivity contribution in [1.82, 2.24) is 0 Å². The Labute approximate surface area is 146 Å². The molecule has 25 heavy (non-hydrogen) atoms. The second-order valence-electron chi connectivity index (χ2n) is 5.23. The zero-order valence-corrected chi connectivity index (χ0v) is 14.9. The SMILES string of the molecule is BCc1cc(OC(CS(=O)(=O)O)C(F)(F)F)cc(CB)c1OCOC. The second kappa shape index (κ2) is 8.81. The third-order valence-corrected chi connectivity index (χ3v) is 4.03. The van der Waals surface area contributed by atoms with Gasteiger partial charge < -0.3 is 14.2 Å². The van der Waals surface area contributed by atoms with Crippen molar-refractivity contribution in [2.45, 2.75) is 24.9 Å². The van der Waals surface area contributed by atoms with Crippen molar-refractivity contribution < 1.29 is 40.4 Å². The van der Waals surface area contributed by atoms with Crippen molar-refractivity contribution in [2.75, 3.05) is 19.7 Å². The molecule has 1 rings (SSSR count). The average molecular weight is 382 g/mol. The number of hydrogen-bond acceptors (Lipinski definition) is 5. The number of benzene rings is 1. The van der Waals surface area contributed by atoms with E-state index >= 15 is 0 Å². The Kier molecular flexibility index (Phi) is 7.63. The van der Waals surface area contributed by atoms with Crippen LogP contribution < -0.4 is 9.47 Å². The summed E-state index contributed by atoms with van der Waals surface area (Å²) in [6.45, 7) is -0.0197. The molecule has 0 heterocycles. The molecule has 0 saturated carbocycles. The van der Waals surface area contributed by atoms with Crippen LogP contribution >= 0.6 is 0 Å². The molecule has 1 aromatic carbocycles. The van der Waals surface area contributed by atoms with Crippen LogP contribution in [0.15, 0.2) is 12.1 Å². The highest BCUT2D eigenvalue weighted by atomic mass is 32.2. The Morgan fingerprint density at radius 2 is 1.72 bits per heavy atom. The van der Waals surface area contributed by atoms with Gasteiger partial charge in [0.2, 0.25) is 6.10 Å². The number of methoxy groups -OCH3 is 1. The Hall–Kier alpha value is -1.39. The van der Waals surface area contributed by atoms with Gasteiger partial charge >= 0.3 is 6.18 Å². The molecule has 140 valence electrons. The maximum absolute atomic E-state index is 13.0. The zero-order valence-electron chi connectivity index (χ0n) is 14.1. The van der Waals surface area contributed by atoms with Crippen LogP contribution in [0, 0.1) is 0 Å². The first-order chi connectivity index (χ1) is 11.5. The van der Waals surface area contributed by atoms with E-state index in [0.29, 0.717) is 29.5 Å². The molecule has 6 nitrogen and oxygen atoms in total. The first kappa shape index (κ1) is 21.7. The van der Waals surface area contributed by atoms with Crippen molar-refractivity contribution in [3.05, 3.63) is 23.3 Å². The van der Waals surface area contributed by atoms with E-state index in [-0.39, 0.29) is 12.5 Å². The third-order valence-electron chi connectivity index (χ3n) is 3.30. The summed E-state index contributed by atoms with van der Waals surface area (Å²) in [6, 6.07) is 2.71. The molecule has 0 radical (unpaired) electrons. The van der Waals surface area contributed by atoms with Crippen LogP contribution in [0.2, 0.25) is 0 Å². The van der Waals surface area contributed by atoms with Gasteiger partial charge in [-0.3, -0.25) is 4.55 Å². The van der Waals surface area contributed by atoms with Gasteiger partial charge in [0.25, 0.3) is 10.1 Å². The van der Waals surface area contributed by atoms with Crippen molar-refractivity contribution in [1.29, 1.82) is 0 Å². The van der Waals surface area contributed by atoms with Gasteiger partial charge in [-0.05, 0) is 23.3 Å². The van der Waals surface area contributed by atoms with Crippen LogP contribution in [-0.2, 0) is 27.5 Å². The van der Waals surface area contributed by atoms with Crippen molar-refractivity contribution >= 4 is 25.8 Å². The minimum absolute atomic E-state index is 0.0197. The number of halogens is 3. The van der Waals surface area contributed by atoms with E-state index in [2.05, 4.69) is 0 Å². The second-order valence-corrected chi connectivity index (χ2v) is 6.72. The molecular weight excluding hydrogens is 363 g/mol. The zero-order chi connectivity index (χ0) is 19.3. The lowest BCUT2D eigenvalue weighted by Crippen LogP contribution is -2.40. The van der Waals surface area contributed by atoms with E-state index in [4.69, 9.17) is 18.8 Å². The molecule has 0 bridgehead atoms. The molecule has 12 heteroatoms. The van der Waals surface area contributed by atoms with Gasteiger partial charge in [0.05, 0.1) is 0 Å². The lowest BCUT2D eigenvalue weighted by Gasteiger charge is -2.22. The van der Waals surface area contributed by atoms with Gasteiger partial charge in [-0.2, -0.15) is 21.6 Å². The summed E-state index contributed by atoms with van der Waals surface area (Å²) in [7, 11) is 0.157. The maximum Gasteiger partial charge on any atom is 0.426 e. The fraction of sp³-hybridized carbons (Fsp3) is 0.538.